The molecule has 0 aliphatic heterocycles. The average Bonchev–Trinajstić information content (AvgIpc) is 2.16. The number of hydrogen-bond acceptors (Lipinski definition) is 4. The molecule has 0 amide bonds. The first-order valence-corrected chi connectivity index (χ1v) is 5.71. The van der Waals surface area contributed by atoms with E-state index in [1.54, 1.807) is 18.2 Å². The molecule has 0 spiro atoms. The summed E-state index contributed by atoms with van der Waals surface area (Å²) < 4.78 is 27.8. The van der Waals surface area contributed by atoms with Gasteiger partial charge in [0.2, 0.25) is 0 Å². The molecule has 0 aliphatic carbocycles. The Hall–Kier alpha value is -1.17. The van der Waals surface area contributed by atoms with E-state index in [9.17, 15) is 8.42 Å². The van der Waals surface area contributed by atoms with Crippen molar-refractivity contribution < 1.29 is 12.7 Å². The second-order valence-corrected chi connectivity index (χ2v) is 4.64. The van der Waals surface area contributed by atoms with Gasteiger partial charge in [0.1, 0.15) is 0 Å². The first kappa shape index (κ1) is 11.9. The van der Waals surface area contributed by atoms with E-state index in [0.29, 0.717) is 0 Å². The van der Waals surface area contributed by atoms with E-state index in [2.05, 4.69) is 10.9 Å². The van der Waals surface area contributed by atoms with Crippen LogP contribution in [0.5, 0.6) is 0 Å². The van der Waals surface area contributed by atoms with E-state index in [-0.39, 0.29) is 4.90 Å². The van der Waals surface area contributed by atoms with Crippen molar-refractivity contribution in [2.45, 2.75) is 4.90 Å². The zero-order valence-corrected chi connectivity index (χ0v) is 9.49. The Labute approximate surface area is 89.9 Å². The van der Waals surface area contributed by atoms with Gasteiger partial charge in [0.15, 0.2) is 0 Å². The van der Waals surface area contributed by atoms with Crippen molar-refractivity contribution in [3.05, 3.63) is 36.4 Å². The normalized spacial score (nSPS) is 11.7. The molecular formula is C10H13NO3S. The molecule has 0 heterocycles. The van der Waals surface area contributed by atoms with E-state index in [0.717, 1.165) is 10.6 Å². The summed E-state index contributed by atoms with van der Waals surface area (Å²) in [5.74, 6) is 0. The lowest BCUT2D eigenvalue weighted by Gasteiger charge is -2.10. The van der Waals surface area contributed by atoms with E-state index >= 15 is 0 Å². The zero-order chi connectivity index (χ0) is 11.5. The molecule has 0 aliphatic rings. The van der Waals surface area contributed by atoms with Crippen molar-refractivity contribution in [1.82, 2.24) is 5.06 Å². The van der Waals surface area contributed by atoms with Crippen molar-refractivity contribution in [1.29, 1.82) is 0 Å². The number of nitrogens with zero attached hydrogens (tertiary/aromatic N) is 1. The number of hydroxylamine groups is 2. The SMILES string of the molecule is C=Cc1ccc(S(=O)(=O)ON(C)C)cc1. The highest BCUT2D eigenvalue weighted by atomic mass is 32.2. The van der Waals surface area contributed by atoms with E-state index in [1.165, 1.54) is 26.2 Å². The molecule has 0 aromatic heterocycles. The summed E-state index contributed by atoms with van der Waals surface area (Å²) in [4.78, 5) is 0.127. The summed E-state index contributed by atoms with van der Waals surface area (Å²) in [7, 11) is -0.674. The first-order chi connectivity index (χ1) is 6.95. The van der Waals surface area contributed by atoms with Crippen molar-refractivity contribution in [3.8, 4) is 0 Å². The van der Waals surface area contributed by atoms with Crippen LogP contribution < -0.4 is 0 Å². The minimum Gasteiger partial charge on any atom is -0.192 e. The van der Waals surface area contributed by atoms with Crippen LogP contribution in [0.4, 0.5) is 0 Å². The lowest BCUT2D eigenvalue weighted by molar-refractivity contribution is 0.00514. The molecular weight excluding hydrogens is 214 g/mol. The minimum absolute atomic E-state index is 0.127. The van der Waals surface area contributed by atoms with E-state index in [4.69, 9.17) is 0 Å². The molecule has 1 aromatic rings. The summed E-state index contributed by atoms with van der Waals surface area (Å²) in [6, 6.07) is 6.30. The molecule has 0 N–H and O–H groups in total. The molecule has 0 bridgehead atoms. The third-order valence-corrected chi connectivity index (χ3v) is 3.00. The van der Waals surface area contributed by atoms with Gasteiger partial charge in [0.25, 0.3) is 0 Å². The first-order valence-electron chi connectivity index (χ1n) is 4.30. The lowest BCUT2D eigenvalue weighted by Crippen LogP contribution is -2.18. The van der Waals surface area contributed by atoms with Crippen LogP contribution in [0.2, 0.25) is 0 Å². The largest absolute Gasteiger partial charge is 0.313 e. The second-order valence-electron chi connectivity index (χ2n) is 3.11. The highest BCUT2D eigenvalue weighted by Gasteiger charge is 2.16. The Morgan fingerprint density at radius 1 is 1.27 bits per heavy atom. The van der Waals surface area contributed by atoms with Gasteiger partial charge in [-0.25, -0.2) is 0 Å². The molecule has 0 radical (unpaired) electrons. The monoisotopic (exact) mass is 227 g/mol. The molecule has 0 saturated carbocycles. The lowest BCUT2D eigenvalue weighted by atomic mass is 10.2. The Morgan fingerprint density at radius 2 is 1.80 bits per heavy atom. The van der Waals surface area contributed by atoms with E-state index < -0.39 is 10.1 Å². The third kappa shape index (κ3) is 3.16. The molecule has 0 fully saturated rings. The maximum Gasteiger partial charge on any atom is 0.313 e. The van der Waals surface area contributed by atoms with Crippen molar-refractivity contribution in [2.75, 3.05) is 14.1 Å². The summed E-state index contributed by atoms with van der Waals surface area (Å²) in [5.41, 5.74) is 0.860. The predicted molar refractivity (Wildman–Crippen MR) is 58.5 cm³/mol. The van der Waals surface area contributed by atoms with Crippen LogP contribution in [0.15, 0.2) is 35.7 Å². The summed E-state index contributed by atoms with van der Waals surface area (Å²) in [6.45, 7) is 3.58. The third-order valence-electron chi connectivity index (χ3n) is 1.65. The number of hydrogen-bond donors (Lipinski definition) is 0. The fourth-order valence-electron chi connectivity index (χ4n) is 1.01. The molecule has 0 atom stereocenters. The van der Waals surface area contributed by atoms with Crippen LogP contribution in [0, 0.1) is 0 Å². The van der Waals surface area contributed by atoms with Gasteiger partial charge in [-0.2, -0.15) is 17.8 Å². The quantitative estimate of drug-likeness (QED) is 0.731. The van der Waals surface area contributed by atoms with Gasteiger partial charge in [-0.15, -0.1) is 0 Å². The van der Waals surface area contributed by atoms with Crippen LogP contribution in [0.3, 0.4) is 0 Å². The smallest absolute Gasteiger partial charge is 0.192 e. The van der Waals surface area contributed by atoms with Crippen LogP contribution in [-0.4, -0.2) is 27.6 Å². The zero-order valence-electron chi connectivity index (χ0n) is 8.67. The molecule has 1 aromatic carbocycles. The Bertz CT molecular complexity index is 434. The molecule has 5 heteroatoms. The summed E-state index contributed by atoms with van der Waals surface area (Å²) >= 11 is 0. The van der Waals surface area contributed by atoms with Gasteiger partial charge < -0.3 is 0 Å². The van der Waals surface area contributed by atoms with Gasteiger partial charge in [0.05, 0.1) is 4.90 Å². The number of benzene rings is 1. The molecule has 0 unspecified atom stereocenters. The standard InChI is InChI=1S/C10H13NO3S/c1-4-9-5-7-10(8-6-9)15(12,13)14-11(2)3/h4-8H,1H2,2-3H3. The summed E-state index contributed by atoms with van der Waals surface area (Å²) in [5, 5.41) is 1.14. The Kier molecular flexibility index (Phi) is 3.62. The van der Waals surface area contributed by atoms with Crippen LogP contribution >= 0.6 is 0 Å². The highest BCUT2D eigenvalue weighted by molar-refractivity contribution is 7.86. The maximum atomic E-state index is 11.6. The predicted octanol–water partition coefficient (Wildman–Crippen LogP) is 1.51. The topological polar surface area (TPSA) is 46.6 Å². The fourth-order valence-corrected chi connectivity index (χ4v) is 1.96. The Morgan fingerprint density at radius 3 is 2.20 bits per heavy atom. The van der Waals surface area contributed by atoms with E-state index in [1.807, 2.05) is 0 Å². The van der Waals surface area contributed by atoms with Gasteiger partial charge in [-0.1, -0.05) is 24.8 Å². The van der Waals surface area contributed by atoms with Gasteiger partial charge >= 0.3 is 10.1 Å². The second kappa shape index (κ2) is 4.57. The van der Waals surface area contributed by atoms with Crippen molar-refractivity contribution >= 4 is 16.2 Å². The average molecular weight is 227 g/mol. The minimum atomic E-state index is -3.69. The van der Waals surface area contributed by atoms with Gasteiger partial charge in [-0.3, -0.25) is 0 Å². The highest BCUT2D eigenvalue weighted by Crippen LogP contribution is 2.14. The van der Waals surface area contributed by atoms with Gasteiger partial charge in [-0.05, 0) is 17.7 Å². The number of rotatable bonds is 4. The Balaban J connectivity index is 3.00. The van der Waals surface area contributed by atoms with Crippen molar-refractivity contribution in [3.63, 3.8) is 0 Å². The van der Waals surface area contributed by atoms with Crippen LogP contribution in [0.1, 0.15) is 5.56 Å². The van der Waals surface area contributed by atoms with Gasteiger partial charge in [0, 0.05) is 14.1 Å². The molecule has 82 valence electrons. The van der Waals surface area contributed by atoms with Crippen LogP contribution in [0.25, 0.3) is 6.08 Å². The fraction of sp³-hybridized carbons (Fsp3) is 0.200. The summed E-state index contributed by atoms with van der Waals surface area (Å²) in [6.07, 6.45) is 1.64. The maximum absolute atomic E-state index is 11.6. The molecule has 0 saturated heterocycles. The molecule has 15 heavy (non-hydrogen) atoms. The van der Waals surface area contributed by atoms with Crippen LogP contribution in [-0.2, 0) is 14.4 Å². The molecule has 4 nitrogen and oxygen atoms in total. The molecule has 1 rings (SSSR count). The van der Waals surface area contributed by atoms with Crippen molar-refractivity contribution in [2.24, 2.45) is 0 Å².